The first-order valence-corrected chi connectivity index (χ1v) is 3.17. The van der Waals surface area contributed by atoms with Gasteiger partial charge in [0.05, 0.1) is 12.4 Å². The number of carbonyl (C=O) groups is 1. The van der Waals surface area contributed by atoms with Crippen molar-refractivity contribution < 1.29 is 9.90 Å². The number of fused-ring (bicyclic) bond motifs is 1. The highest BCUT2D eigenvalue weighted by atomic mass is 16.4. The van der Waals surface area contributed by atoms with Crippen molar-refractivity contribution in [1.29, 1.82) is 0 Å². The molecule has 0 saturated carbocycles. The summed E-state index contributed by atoms with van der Waals surface area (Å²) in [6.45, 7) is 0. The molecule has 6 nitrogen and oxygen atoms in total. The molecule has 0 bridgehead atoms. The smallest absolute Gasteiger partial charge is 0.357 e. The highest BCUT2D eigenvalue weighted by Gasteiger charge is 2.05. The van der Waals surface area contributed by atoms with Gasteiger partial charge in [-0.2, -0.15) is 5.10 Å². The molecule has 0 fully saturated rings. The lowest BCUT2D eigenvalue weighted by Crippen LogP contribution is -2.05. The van der Waals surface area contributed by atoms with E-state index in [1.54, 1.807) is 0 Å². The summed E-state index contributed by atoms with van der Waals surface area (Å²) in [5.41, 5.74) is -0.0968. The fourth-order valence-electron chi connectivity index (χ4n) is 0.818. The Morgan fingerprint density at radius 3 is 3.08 bits per heavy atom. The van der Waals surface area contributed by atoms with Crippen molar-refractivity contribution >= 4 is 11.7 Å². The van der Waals surface area contributed by atoms with Crippen molar-refractivity contribution in [2.75, 3.05) is 0 Å². The summed E-state index contributed by atoms with van der Waals surface area (Å²) in [4.78, 5) is 18.0. The quantitative estimate of drug-likeness (QED) is 0.632. The van der Waals surface area contributed by atoms with Gasteiger partial charge >= 0.3 is 5.97 Å². The van der Waals surface area contributed by atoms with Crippen molar-refractivity contribution in [2.24, 2.45) is 0 Å². The molecule has 2 aromatic heterocycles. The summed E-state index contributed by atoms with van der Waals surface area (Å²) in [6, 6.07) is 0. The van der Waals surface area contributed by atoms with Gasteiger partial charge in [-0.25, -0.2) is 19.3 Å². The highest BCUT2D eigenvalue weighted by molar-refractivity contribution is 5.84. The molecule has 2 aromatic rings. The van der Waals surface area contributed by atoms with Gasteiger partial charge in [0.15, 0.2) is 5.69 Å². The van der Waals surface area contributed by atoms with E-state index in [4.69, 9.17) is 5.11 Å². The van der Waals surface area contributed by atoms with Gasteiger partial charge in [-0.3, -0.25) is 0 Å². The summed E-state index contributed by atoms with van der Waals surface area (Å²) in [7, 11) is 0. The molecular formula is C6H4N4O2. The minimum Gasteiger partial charge on any atom is -0.476 e. The van der Waals surface area contributed by atoms with Crippen LogP contribution in [0.4, 0.5) is 0 Å². The van der Waals surface area contributed by atoms with Crippen LogP contribution in [-0.2, 0) is 0 Å². The van der Waals surface area contributed by atoms with Crippen molar-refractivity contribution in [2.45, 2.75) is 0 Å². The van der Waals surface area contributed by atoms with Crippen LogP contribution in [0.15, 0.2) is 18.6 Å². The fourth-order valence-corrected chi connectivity index (χ4v) is 0.818. The number of rotatable bonds is 1. The number of hydrogen-bond acceptors (Lipinski definition) is 4. The molecule has 0 aliphatic heterocycles. The Morgan fingerprint density at radius 2 is 2.33 bits per heavy atom. The molecule has 0 saturated heterocycles. The number of nitrogens with zero attached hydrogens (tertiary/aromatic N) is 4. The summed E-state index contributed by atoms with van der Waals surface area (Å²) >= 11 is 0. The predicted octanol–water partition coefficient (Wildman–Crippen LogP) is -0.178. The zero-order valence-corrected chi connectivity index (χ0v) is 5.88. The van der Waals surface area contributed by atoms with Crippen LogP contribution < -0.4 is 0 Å². The molecule has 0 spiro atoms. The van der Waals surface area contributed by atoms with Crippen LogP contribution >= 0.6 is 0 Å². The summed E-state index contributed by atoms with van der Waals surface area (Å²) < 4.78 is 1.31. The third-order valence-corrected chi connectivity index (χ3v) is 1.34. The van der Waals surface area contributed by atoms with Gasteiger partial charge in [0.1, 0.15) is 0 Å². The van der Waals surface area contributed by atoms with Gasteiger partial charge in [-0.15, -0.1) is 0 Å². The molecule has 1 N–H and O–H groups in total. The Morgan fingerprint density at radius 1 is 1.50 bits per heavy atom. The molecule has 0 aliphatic rings. The average molecular weight is 164 g/mol. The van der Waals surface area contributed by atoms with Crippen molar-refractivity contribution in [1.82, 2.24) is 19.6 Å². The maximum absolute atomic E-state index is 10.4. The first kappa shape index (κ1) is 6.71. The Hall–Kier alpha value is -1.98. The van der Waals surface area contributed by atoms with E-state index in [0.29, 0.717) is 5.78 Å². The minimum absolute atomic E-state index is 0.0968. The van der Waals surface area contributed by atoms with Gasteiger partial charge in [0, 0.05) is 6.20 Å². The molecule has 60 valence electrons. The number of imidazole rings is 1. The monoisotopic (exact) mass is 164 g/mol. The summed E-state index contributed by atoms with van der Waals surface area (Å²) in [5.74, 6) is -0.710. The maximum atomic E-state index is 10.4. The third kappa shape index (κ3) is 0.895. The van der Waals surface area contributed by atoms with E-state index in [1.165, 1.54) is 23.1 Å². The molecule has 2 heterocycles. The molecular weight excluding hydrogens is 160 g/mol. The standard InChI is InChI=1S/C6H4N4O2/c11-5(12)4-3-8-6-7-1-2-10(6)9-4/h1-3H,(H,11,12). The lowest BCUT2D eigenvalue weighted by Gasteiger charge is -1.92. The molecule has 0 amide bonds. The van der Waals surface area contributed by atoms with E-state index in [0.717, 1.165) is 0 Å². The zero-order valence-electron chi connectivity index (χ0n) is 5.88. The molecule has 0 aliphatic carbocycles. The molecule has 2 rings (SSSR count). The topological polar surface area (TPSA) is 80.4 Å². The fraction of sp³-hybridized carbons (Fsp3) is 0. The van der Waals surface area contributed by atoms with Gasteiger partial charge in [0.2, 0.25) is 0 Å². The van der Waals surface area contributed by atoms with E-state index >= 15 is 0 Å². The number of aromatic carboxylic acids is 1. The number of aromatic nitrogens is 4. The Kier molecular flexibility index (Phi) is 1.26. The Balaban J connectivity index is 2.68. The van der Waals surface area contributed by atoms with Crippen LogP contribution in [0.3, 0.4) is 0 Å². The van der Waals surface area contributed by atoms with Crippen molar-refractivity contribution in [3.63, 3.8) is 0 Å². The lowest BCUT2D eigenvalue weighted by atomic mass is 10.5. The third-order valence-electron chi connectivity index (χ3n) is 1.34. The first-order chi connectivity index (χ1) is 5.77. The van der Waals surface area contributed by atoms with Crippen LogP contribution in [0.25, 0.3) is 5.78 Å². The number of carboxylic acids is 1. The van der Waals surface area contributed by atoms with Gasteiger partial charge in [-0.05, 0) is 0 Å². The zero-order chi connectivity index (χ0) is 8.55. The average Bonchev–Trinajstić information content (AvgIpc) is 2.49. The first-order valence-electron chi connectivity index (χ1n) is 3.17. The number of carboxylic acid groups (broad SMARTS) is 1. The van der Waals surface area contributed by atoms with E-state index < -0.39 is 5.97 Å². The maximum Gasteiger partial charge on any atom is 0.357 e. The van der Waals surface area contributed by atoms with E-state index in [1.807, 2.05) is 0 Å². The highest BCUT2D eigenvalue weighted by Crippen LogP contribution is 1.95. The van der Waals surface area contributed by atoms with Crippen LogP contribution in [0.1, 0.15) is 10.5 Å². The predicted molar refractivity (Wildman–Crippen MR) is 37.7 cm³/mol. The number of hydrogen-bond donors (Lipinski definition) is 1. The van der Waals surface area contributed by atoms with Gasteiger partial charge in [0.25, 0.3) is 5.78 Å². The van der Waals surface area contributed by atoms with Crippen LogP contribution in [0, 0.1) is 0 Å². The summed E-state index contributed by atoms with van der Waals surface area (Å²) in [6.07, 6.45) is 4.21. The molecule has 0 aromatic carbocycles. The molecule has 0 radical (unpaired) electrons. The van der Waals surface area contributed by atoms with Crippen LogP contribution in [0.2, 0.25) is 0 Å². The minimum atomic E-state index is -1.10. The van der Waals surface area contributed by atoms with Crippen molar-refractivity contribution in [3.05, 3.63) is 24.3 Å². The second kappa shape index (κ2) is 2.26. The molecule has 0 unspecified atom stereocenters. The van der Waals surface area contributed by atoms with Crippen LogP contribution in [-0.4, -0.2) is 30.7 Å². The van der Waals surface area contributed by atoms with Gasteiger partial charge < -0.3 is 5.11 Å². The second-order valence-electron chi connectivity index (χ2n) is 2.12. The van der Waals surface area contributed by atoms with E-state index in [-0.39, 0.29) is 5.69 Å². The second-order valence-corrected chi connectivity index (χ2v) is 2.12. The molecule has 12 heavy (non-hydrogen) atoms. The van der Waals surface area contributed by atoms with E-state index in [2.05, 4.69) is 15.1 Å². The van der Waals surface area contributed by atoms with Crippen molar-refractivity contribution in [3.8, 4) is 0 Å². The molecule has 0 atom stereocenters. The normalized spacial score (nSPS) is 10.3. The Bertz CT molecular complexity index is 436. The van der Waals surface area contributed by atoms with Crippen LogP contribution in [0.5, 0.6) is 0 Å². The lowest BCUT2D eigenvalue weighted by molar-refractivity contribution is 0.0688. The SMILES string of the molecule is O=C(O)c1cnc2nccn2n1. The van der Waals surface area contributed by atoms with E-state index in [9.17, 15) is 4.79 Å². The summed E-state index contributed by atoms with van der Waals surface area (Å²) in [5, 5.41) is 12.3. The van der Waals surface area contributed by atoms with Gasteiger partial charge in [-0.1, -0.05) is 0 Å². The Labute approximate surface area is 66.5 Å². The molecule has 6 heteroatoms. The largest absolute Gasteiger partial charge is 0.476 e.